The van der Waals surface area contributed by atoms with Crippen molar-refractivity contribution in [2.24, 2.45) is 0 Å². The average molecular weight is 178 g/mol. The van der Waals surface area contributed by atoms with E-state index in [-0.39, 0.29) is 0 Å². The first-order valence-electron chi connectivity index (χ1n) is 4.11. The van der Waals surface area contributed by atoms with Crippen molar-refractivity contribution >= 4 is 17.1 Å². The minimum Gasteiger partial charge on any atom is -0.0846 e. The first kappa shape index (κ1) is 9.40. The SMILES string of the molecule is CC(=S)c1c(C)cc(C)cc1C. The summed E-state index contributed by atoms with van der Waals surface area (Å²) in [5.41, 5.74) is 5.14. The van der Waals surface area contributed by atoms with Crippen molar-refractivity contribution in [3.8, 4) is 0 Å². The lowest BCUT2D eigenvalue weighted by Gasteiger charge is -2.09. The molecule has 0 N–H and O–H groups in total. The number of thiocarbonyl (C=S) groups is 1. The third-order valence-corrected chi connectivity index (χ3v) is 2.23. The second kappa shape index (κ2) is 3.36. The van der Waals surface area contributed by atoms with Gasteiger partial charge < -0.3 is 0 Å². The molecule has 12 heavy (non-hydrogen) atoms. The number of hydrogen-bond donors (Lipinski definition) is 0. The Balaban J connectivity index is 3.38. The summed E-state index contributed by atoms with van der Waals surface area (Å²) in [5.74, 6) is 0. The number of aryl methyl sites for hydroxylation is 3. The summed E-state index contributed by atoms with van der Waals surface area (Å²) in [4.78, 5) is 0.991. The Hall–Kier alpha value is -0.690. The molecule has 1 aromatic carbocycles. The van der Waals surface area contributed by atoms with E-state index in [1.165, 1.54) is 22.3 Å². The minimum absolute atomic E-state index is 0.991. The molecule has 1 heteroatoms. The van der Waals surface area contributed by atoms with Crippen LogP contribution < -0.4 is 0 Å². The highest BCUT2D eigenvalue weighted by Gasteiger charge is 2.04. The normalized spacial score (nSPS) is 10.0. The van der Waals surface area contributed by atoms with Gasteiger partial charge in [-0.2, -0.15) is 0 Å². The van der Waals surface area contributed by atoms with Gasteiger partial charge in [-0.3, -0.25) is 0 Å². The molecule has 0 bridgehead atoms. The molecule has 0 aliphatic carbocycles. The molecule has 0 nitrogen and oxygen atoms in total. The Kier molecular flexibility index (Phi) is 2.63. The maximum atomic E-state index is 5.18. The van der Waals surface area contributed by atoms with E-state index >= 15 is 0 Å². The quantitative estimate of drug-likeness (QED) is 0.469. The molecule has 0 fully saturated rings. The van der Waals surface area contributed by atoms with Crippen molar-refractivity contribution in [1.82, 2.24) is 0 Å². The third kappa shape index (κ3) is 1.72. The van der Waals surface area contributed by atoms with Gasteiger partial charge in [0.05, 0.1) is 0 Å². The van der Waals surface area contributed by atoms with Gasteiger partial charge in [-0.25, -0.2) is 0 Å². The summed E-state index contributed by atoms with van der Waals surface area (Å²) >= 11 is 5.18. The van der Waals surface area contributed by atoms with E-state index in [4.69, 9.17) is 12.2 Å². The van der Waals surface area contributed by atoms with Crippen molar-refractivity contribution < 1.29 is 0 Å². The molecule has 64 valence electrons. The molecule has 1 rings (SSSR count). The molecule has 0 saturated carbocycles. The Morgan fingerprint density at radius 2 is 1.50 bits per heavy atom. The van der Waals surface area contributed by atoms with Crippen LogP contribution in [0.5, 0.6) is 0 Å². The fourth-order valence-corrected chi connectivity index (χ4v) is 2.06. The molecule has 0 aliphatic heterocycles. The van der Waals surface area contributed by atoms with Gasteiger partial charge in [0.2, 0.25) is 0 Å². The van der Waals surface area contributed by atoms with Gasteiger partial charge in [-0.05, 0) is 44.4 Å². The minimum atomic E-state index is 0.991. The standard InChI is InChI=1S/C11H14S/c1-7-5-8(2)11(10(4)12)9(3)6-7/h5-6H,1-4H3. The van der Waals surface area contributed by atoms with Crippen LogP contribution in [0.15, 0.2) is 12.1 Å². The fourth-order valence-electron chi connectivity index (χ4n) is 1.74. The summed E-state index contributed by atoms with van der Waals surface area (Å²) in [5, 5.41) is 0. The molecule has 0 radical (unpaired) electrons. The molecule has 0 atom stereocenters. The molecule has 0 saturated heterocycles. The summed E-state index contributed by atoms with van der Waals surface area (Å²) in [6.07, 6.45) is 0. The van der Waals surface area contributed by atoms with Crippen LogP contribution in [0.25, 0.3) is 0 Å². The second-order valence-corrected chi connectivity index (χ2v) is 3.94. The molecular formula is C11H14S. The monoisotopic (exact) mass is 178 g/mol. The van der Waals surface area contributed by atoms with E-state index in [0.29, 0.717) is 0 Å². The van der Waals surface area contributed by atoms with Crippen molar-refractivity contribution in [3.05, 3.63) is 34.4 Å². The Morgan fingerprint density at radius 3 is 1.83 bits per heavy atom. The highest BCUT2D eigenvalue weighted by molar-refractivity contribution is 7.80. The highest BCUT2D eigenvalue weighted by atomic mass is 32.1. The van der Waals surface area contributed by atoms with Crippen LogP contribution in [0, 0.1) is 20.8 Å². The Bertz CT molecular complexity index is 301. The third-order valence-electron chi connectivity index (χ3n) is 2.03. The molecule has 0 unspecified atom stereocenters. The van der Waals surface area contributed by atoms with Crippen LogP contribution in [-0.2, 0) is 0 Å². The first-order chi connectivity index (χ1) is 5.52. The molecule has 0 heterocycles. The van der Waals surface area contributed by atoms with Gasteiger partial charge in [0, 0.05) is 4.86 Å². The van der Waals surface area contributed by atoms with Crippen LogP contribution in [-0.4, -0.2) is 4.86 Å². The first-order valence-corrected chi connectivity index (χ1v) is 4.52. The predicted octanol–water partition coefficient (Wildman–Crippen LogP) is 3.35. The average Bonchev–Trinajstić information content (AvgIpc) is 1.82. The number of rotatable bonds is 1. The van der Waals surface area contributed by atoms with Crippen LogP contribution in [0.4, 0.5) is 0 Å². The van der Waals surface area contributed by atoms with Gasteiger partial charge in [0.15, 0.2) is 0 Å². The largest absolute Gasteiger partial charge is 0.0846 e. The zero-order valence-corrected chi connectivity index (χ0v) is 8.88. The van der Waals surface area contributed by atoms with Crippen molar-refractivity contribution in [2.75, 3.05) is 0 Å². The smallest absolute Gasteiger partial charge is 0.0198 e. The van der Waals surface area contributed by atoms with Gasteiger partial charge in [0.1, 0.15) is 0 Å². The summed E-state index contributed by atoms with van der Waals surface area (Å²) in [7, 11) is 0. The highest BCUT2D eigenvalue weighted by Crippen LogP contribution is 2.17. The predicted molar refractivity (Wildman–Crippen MR) is 58.0 cm³/mol. The van der Waals surface area contributed by atoms with Gasteiger partial charge >= 0.3 is 0 Å². The van der Waals surface area contributed by atoms with Gasteiger partial charge in [-0.1, -0.05) is 29.9 Å². The van der Waals surface area contributed by atoms with Gasteiger partial charge in [-0.15, -0.1) is 0 Å². The maximum Gasteiger partial charge on any atom is 0.0198 e. The number of benzene rings is 1. The molecule has 1 aromatic rings. The fraction of sp³-hybridized carbons (Fsp3) is 0.364. The van der Waals surface area contributed by atoms with E-state index in [0.717, 1.165) is 4.86 Å². The zero-order valence-electron chi connectivity index (χ0n) is 8.06. The van der Waals surface area contributed by atoms with E-state index < -0.39 is 0 Å². The van der Waals surface area contributed by atoms with Crippen LogP contribution in [0.1, 0.15) is 29.2 Å². The van der Waals surface area contributed by atoms with E-state index in [9.17, 15) is 0 Å². The topological polar surface area (TPSA) is 0 Å². The Morgan fingerprint density at radius 1 is 1.08 bits per heavy atom. The lowest BCUT2D eigenvalue weighted by atomic mass is 9.98. The van der Waals surface area contributed by atoms with Crippen molar-refractivity contribution in [3.63, 3.8) is 0 Å². The summed E-state index contributed by atoms with van der Waals surface area (Å²) in [6, 6.07) is 4.36. The van der Waals surface area contributed by atoms with Crippen molar-refractivity contribution in [1.29, 1.82) is 0 Å². The van der Waals surface area contributed by atoms with E-state index in [2.05, 4.69) is 32.9 Å². The molecular weight excluding hydrogens is 164 g/mol. The Labute approximate surface area is 79.6 Å². The van der Waals surface area contributed by atoms with Gasteiger partial charge in [0.25, 0.3) is 0 Å². The molecule has 0 amide bonds. The van der Waals surface area contributed by atoms with E-state index in [1.54, 1.807) is 0 Å². The molecule has 0 aromatic heterocycles. The summed E-state index contributed by atoms with van der Waals surface area (Å²) in [6.45, 7) is 8.33. The zero-order chi connectivity index (χ0) is 9.30. The van der Waals surface area contributed by atoms with Crippen molar-refractivity contribution in [2.45, 2.75) is 27.7 Å². The number of hydrogen-bond acceptors (Lipinski definition) is 1. The van der Waals surface area contributed by atoms with Crippen LogP contribution >= 0.6 is 12.2 Å². The summed E-state index contributed by atoms with van der Waals surface area (Å²) < 4.78 is 0. The second-order valence-electron chi connectivity index (χ2n) is 3.33. The lowest BCUT2D eigenvalue weighted by molar-refractivity contribution is 1.30. The van der Waals surface area contributed by atoms with E-state index in [1.807, 2.05) is 6.92 Å². The maximum absolute atomic E-state index is 5.18. The molecule has 0 aliphatic rings. The van der Waals surface area contributed by atoms with Crippen LogP contribution in [0.2, 0.25) is 0 Å². The molecule has 0 spiro atoms. The van der Waals surface area contributed by atoms with Crippen LogP contribution in [0.3, 0.4) is 0 Å². The lowest BCUT2D eigenvalue weighted by Crippen LogP contribution is -1.99.